The van der Waals surface area contributed by atoms with Gasteiger partial charge in [-0.05, 0) is 26.3 Å². The second-order valence-electron chi connectivity index (χ2n) is 8.05. The van der Waals surface area contributed by atoms with E-state index in [4.69, 9.17) is 0 Å². The maximum absolute atomic E-state index is 13.2. The van der Waals surface area contributed by atoms with Crippen molar-refractivity contribution in [2.45, 2.75) is 32.2 Å². The number of nitrogens with zero attached hydrogens (tertiary/aromatic N) is 4. The van der Waals surface area contributed by atoms with E-state index in [0.29, 0.717) is 24.3 Å². The number of hydrogen-bond acceptors (Lipinski definition) is 4. The number of pyridine rings is 1. The molecular weight excluding hydrogens is 358 g/mol. The van der Waals surface area contributed by atoms with Crippen LogP contribution in [0.15, 0.2) is 23.0 Å². The average Bonchev–Trinajstić information content (AvgIpc) is 3.00. The normalized spacial score (nSPS) is 23.3. The van der Waals surface area contributed by atoms with Crippen LogP contribution >= 0.6 is 0 Å². The molecule has 1 N–H and O–H groups in total. The highest BCUT2D eigenvalue weighted by Crippen LogP contribution is 2.42. The third kappa shape index (κ3) is 2.75. The van der Waals surface area contributed by atoms with E-state index in [0.717, 1.165) is 17.8 Å². The molecule has 0 radical (unpaired) electrons. The molecule has 2 aromatic rings. The maximum atomic E-state index is 13.2. The summed E-state index contributed by atoms with van der Waals surface area (Å²) in [5.41, 5.74) is 2.70. The first kappa shape index (κ1) is 18.5. The molecule has 0 unspecified atom stereocenters. The maximum Gasteiger partial charge on any atom is 0.257 e. The van der Waals surface area contributed by atoms with Crippen LogP contribution < -0.4 is 5.56 Å². The number of amides is 2. The number of fused-ring (bicyclic) bond motifs is 4. The van der Waals surface area contributed by atoms with E-state index in [2.05, 4.69) is 10.2 Å². The molecule has 4 rings (SSSR count). The average molecular weight is 383 g/mol. The molecule has 1 saturated heterocycles. The Morgan fingerprint density at radius 1 is 1.21 bits per heavy atom. The zero-order valence-electron chi connectivity index (χ0n) is 16.6. The fourth-order valence-electron chi connectivity index (χ4n) is 4.71. The number of carbonyl (C=O) groups excluding carboxylic acids is 2. The smallest absolute Gasteiger partial charge is 0.257 e. The summed E-state index contributed by atoms with van der Waals surface area (Å²) < 4.78 is 1.65. The molecule has 28 heavy (non-hydrogen) atoms. The summed E-state index contributed by atoms with van der Waals surface area (Å²) in [5.74, 6) is -0.239. The Hall–Kier alpha value is -2.90. The molecule has 2 aromatic heterocycles. The monoisotopic (exact) mass is 383 g/mol. The number of nitrogens with one attached hydrogen (secondary N) is 1. The van der Waals surface area contributed by atoms with Gasteiger partial charge in [-0.1, -0.05) is 6.07 Å². The van der Waals surface area contributed by atoms with Gasteiger partial charge in [0.05, 0.1) is 11.3 Å². The highest BCUT2D eigenvalue weighted by atomic mass is 16.2. The molecule has 0 aliphatic carbocycles. The van der Waals surface area contributed by atoms with Crippen molar-refractivity contribution in [2.24, 2.45) is 5.92 Å². The van der Waals surface area contributed by atoms with Crippen LogP contribution in [0.5, 0.6) is 0 Å². The highest BCUT2D eigenvalue weighted by Gasteiger charge is 2.45. The summed E-state index contributed by atoms with van der Waals surface area (Å²) in [6.07, 6.45) is 0.792. The van der Waals surface area contributed by atoms with E-state index < -0.39 is 6.04 Å². The lowest BCUT2D eigenvalue weighted by molar-refractivity contribution is -0.135. The van der Waals surface area contributed by atoms with Gasteiger partial charge >= 0.3 is 0 Å². The van der Waals surface area contributed by atoms with Crippen LogP contribution in [0.3, 0.4) is 0 Å². The van der Waals surface area contributed by atoms with Crippen molar-refractivity contribution in [2.75, 3.05) is 27.2 Å². The van der Waals surface area contributed by atoms with Crippen molar-refractivity contribution in [3.8, 4) is 0 Å². The SMILES string of the molecule is Cc1n[nH]c(C)c1C(=O)N1C[C@H]2C[C@@H](C1)[C@H](C(=O)N(C)C)n1c2cccc1=O. The second kappa shape index (κ2) is 6.61. The first-order chi connectivity index (χ1) is 13.3. The number of likely N-dealkylation sites (N-methyl/N-ethyl adjacent to an activating group) is 1. The van der Waals surface area contributed by atoms with Crippen LogP contribution in [0.4, 0.5) is 0 Å². The van der Waals surface area contributed by atoms with Crippen LogP contribution in [0.2, 0.25) is 0 Å². The summed E-state index contributed by atoms with van der Waals surface area (Å²) in [4.78, 5) is 42.2. The predicted octanol–water partition coefficient (Wildman–Crippen LogP) is 1.08. The molecule has 2 amide bonds. The van der Waals surface area contributed by atoms with Gasteiger partial charge in [0.1, 0.15) is 6.04 Å². The molecule has 2 aliphatic heterocycles. The first-order valence-electron chi connectivity index (χ1n) is 9.53. The minimum absolute atomic E-state index is 0.0373. The van der Waals surface area contributed by atoms with E-state index in [1.807, 2.05) is 24.8 Å². The standard InChI is InChI=1S/C20H25N5O3/c1-11-17(12(2)22-21-11)19(27)24-9-13-8-14(10-24)18(20(28)23(3)4)25-15(13)6-5-7-16(25)26/h5-7,13-14,18H,8-10H2,1-4H3,(H,21,22)/t13-,14+,18-/m1/s1. The number of hydrogen-bond donors (Lipinski definition) is 1. The molecule has 0 aromatic carbocycles. The van der Waals surface area contributed by atoms with Gasteiger partial charge in [0.25, 0.3) is 11.5 Å². The number of carbonyl (C=O) groups is 2. The van der Waals surface area contributed by atoms with Crippen molar-refractivity contribution >= 4 is 11.8 Å². The molecule has 0 saturated carbocycles. The Bertz CT molecular complexity index is 986. The van der Waals surface area contributed by atoms with Crippen molar-refractivity contribution in [3.05, 3.63) is 51.2 Å². The zero-order valence-corrected chi connectivity index (χ0v) is 16.6. The van der Waals surface area contributed by atoms with Crippen LogP contribution in [0, 0.1) is 19.8 Å². The largest absolute Gasteiger partial charge is 0.347 e. The number of aromatic nitrogens is 3. The molecule has 2 aliphatic rings. The van der Waals surface area contributed by atoms with Crippen molar-refractivity contribution in [3.63, 3.8) is 0 Å². The van der Waals surface area contributed by atoms with E-state index in [-0.39, 0.29) is 29.2 Å². The van der Waals surface area contributed by atoms with Crippen LogP contribution in [0.25, 0.3) is 0 Å². The quantitative estimate of drug-likeness (QED) is 0.840. The molecule has 0 spiro atoms. The topological polar surface area (TPSA) is 91.3 Å². The Morgan fingerprint density at radius 2 is 1.96 bits per heavy atom. The van der Waals surface area contributed by atoms with Crippen molar-refractivity contribution in [1.29, 1.82) is 0 Å². The van der Waals surface area contributed by atoms with Gasteiger partial charge in [-0.3, -0.25) is 24.0 Å². The van der Waals surface area contributed by atoms with Gasteiger partial charge in [0.15, 0.2) is 0 Å². The molecule has 8 nitrogen and oxygen atoms in total. The first-order valence-corrected chi connectivity index (χ1v) is 9.53. The number of rotatable bonds is 2. The van der Waals surface area contributed by atoms with Gasteiger partial charge < -0.3 is 9.80 Å². The fraction of sp³-hybridized carbons (Fsp3) is 0.500. The van der Waals surface area contributed by atoms with Crippen molar-refractivity contribution in [1.82, 2.24) is 24.6 Å². The summed E-state index contributed by atoms with van der Waals surface area (Å²) >= 11 is 0. The lowest BCUT2D eigenvalue weighted by Crippen LogP contribution is -2.54. The van der Waals surface area contributed by atoms with Gasteiger partial charge in [0, 0.05) is 56.5 Å². The number of aromatic amines is 1. The zero-order chi connectivity index (χ0) is 20.2. The Kier molecular flexibility index (Phi) is 4.36. The summed E-state index contributed by atoms with van der Waals surface area (Å²) in [7, 11) is 3.40. The number of piperidine rings is 1. The Balaban J connectivity index is 1.76. The Labute approximate surface area is 163 Å². The van der Waals surface area contributed by atoms with Crippen LogP contribution in [0.1, 0.15) is 45.8 Å². The minimum atomic E-state index is -0.586. The second-order valence-corrected chi connectivity index (χ2v) is 8.05. The van der Waals surface area contributed by atoms with E-state index in [1.165, 1.54) is 11.0 Å². The third-order valence-electron chi connectivity index (χ3n) is 5.97. The lowest BCUT2D eigenvalue weighted by atomic mass is 9.77. The van der Waals surface area contributed by atoms with Gasteiger partial charge in [-0.15, -0.1) is 0 Å². The molecule has 2 bridgehead atoms. The number of H-pyrrole nitrogens is 1. The van der Waals surface area contributed by atoms with E-state index in [1.54, 1.807) is 24.7 Å². The van der Waals surface area contributed by atoms with Gasteiger partial charge in [-0.25, -0.2) is 0 Å². The summed E-state index contributed by atoms with van der Waals surface area (Å²) in [6, 6.07) is 4.55. The minimum Gasteiger partial charge on any atom is -0.347 e. The van der Waals surface area contributed by atoms with Crippen molar-refractivity contribution < 1.29 is 9.59 Å². The molecule has 3 atom stereocenters. The number of aryl methyl sites for hydroxylation is 2. The van der Waals surface area contributed by atoms with Gasteiger partial charge in [-0.2, -0.15) is 5.10 Å². The molecule has 148 valence electrons. The molecule has 1 fully saturated rings. The number of likely N-dealkylation sites (tertiary alicyclic amines) is 1. The lowest BCUT2D eigenvalue weighted by Gasteiger charge is -2.46. The molecular formula is C20H25N5O3. The highest BCUT2D eigenvalue weighted by molar-refractivity contribution is 5.96. The van der Waals surface area contributed by atoms with Gasteiger partial charge in [0.2, 0.25) is 5.91 Å². The van der Waals surface area contributed by atoms with E-state index in [9.17, 15) is 14.4 Å². The molecule has 8 heteroatoms. The third-order valence-corrected chi connectivity index (χ3v) is 5.97. The fourth-order valence-corrected chi connectivity index (χ4v) is 4.71. The predicted molar refractivity (Wildman–Crippen MR) is 103 cm³/mol. The van der Waals surface area contributed by atoms with E-state index >= 15 is 0 Å². The summed E-state index contributed by atoms with van der Waals surface area (Å²) in [5, 5.41) is 7.01. The van der Waals surface area contributed by atoms with Crippen LogP contribution in [-0.4, -0.2) is 63.6 Å². The molecule has 4 heterocycles. The summed E-state index contributed by atoms with van der Waals surface area (Å²) in [6.45, 7) is 4.64. The Morgan fingerprint density at radius 3 is 2.61 bits per heavy atom. The van der Waals surface area contributed by atoms with Crippen LogP contribution in [-0.2, 0) is 4.79 Å².